The molecule has 0 spiro atoms. The maximum absolute atomic E-state index is 14.8. The molecule has 3 rings (SSSR count). The van der Waals surface area contributed by atoms with Crippen molar-refractivity contribution in [1.82, 2.24) is 0 Å². The van der Waals surface area contributed by atoms with Crippen molar-refractivity contribution in [2.24, 2.45) is 5.92 Å². The second kappa shape index (κ2) is 11.4. The average Bonchev–Trinajstić information content (AvgIpc) is 2.80. The molecule has 0 atom stereocenters. The van der Waals surface area contributed by atoms with Crippen LogP contribution in [0, 0.1) is 41.0 Å². The summed E-state index contributed by atoms with van der Waals surface area (Å²) >= 11 is 0. The first-order valence-corrected chi connectivity index (χ1v) is 11.6. The van der Waals surface area contributed by atoms with E-state index in [-0.39, 0.29) is 29.4 Å². The Morgan fingerprint density at radius 3 is 2.03 bits per heavy atom. The number of hydrogen-bond donors (Lipinski definition) is 0. The third-order valence-corrected chi connectivity index (χ3v) is 6.29. The lowest BCUT2D eigenvalue weighted by molar-refractivity contribution is 0.298. The van der Waals surface area contributed by atoms with Crippen LogP contribution < -0.4 is 4.74 Å². The fourth-order valence-corrected chi connectivity index (χ4v) is 4.45. The number of unbranched alkanes of at least 4 members (excludes halogenated alkanes) is 2. The number of ether oxygens (including phenoxy) is 1. The van der Waals surface area contributed by atoms with Gasteiger partial charge in [-0.2, -0.15) is 4.39 Å². The van der Waals surface area contributed by atoms with Gasteiger partial charge in [-0.25, -0.2) is 13.2 Å². The largest absolute Gasteiger partial charge is 0.491 e. The zero-order valence-corrected chi connectivity index (χ0v) is 18.7. The normalized spacial score (nSPS) is 18.2. The van der Waals surface area contributed by atoms with Crippen molar-refractivity contribution in [3.8, 4) is 17.6 Å². The van der Waals surface area contributed by atoms with Crippen LogP contribution in [0.5, 0.6) is 5.75 Å². The van der Waals surface area contributed by atoms with Crippen molar-refractivity contribution in [3.63, 3.8) is 0 Å². The van der Waals surface area contributed by atoms with Crippen LogP contribution in [-0.2, 0) is 0 Å². The predicted octanol–water partition coefficient (Wildman–Crippen LogP) is 7.90. The monoisotopic (exact) mass is 446 g/mol. The molecule has 1 saturated carbocycles. The highest BCUT2D eigenvalue weighted by atomic mass is 19.2. The van der Waals surface area contributed by atoms with E-state index in [1.54, 1.807) is 13.0 Å². The van der Waals surface area contributed by atoms with E-state index in [1.807, 2.05) is 0 Å². The summed E-state index contributed by atoms with van der Waals surface area (Å²) in [6.45, 7) is 4.04. The average molecular weight is 447 g/mol. The summed E-state index contributed by atoms with van der Waals surface area (Å²) in [5.74, 6) is 1.09. The first-order valence-electron chi connectivity index (χ1n) is 11.6. The molecule has 0 heterocycles. The summed E-state index contributed by atoms with van der Waals surface area (Å²) in [4.78, 5) is 0. The highest BCUT2D eigenvalue weighted by molar-refractivity contribution is 5.47. The van der Waals surface area contributed by atoms with Crippen molar-refractivity contribution in [2.75, 3.05) is 6.61 Å². The van der Waals surface area contributed by atoms with Crippen LogP contribution in [0.4, 0.5) is 17.6 Å². The number of halogens is 4. The van der Waals surface area contributed by atoms with Gasteiger partial charge in [-0.3, -0.25) is 0 Å². The maximum atomic E-state index is 14.8. The fraction of sp³-hybridized carbons (Fsp3) is 0.481. The summed E-state index contributed by atoms with van der Waals surface area (Å²) in [5.41, 5.74) is -0.0252. The zero-order valence-electron chi connectivity index (χ0n) is 18.7. The molecule has 1 nitrogen and oxygen atoms in total. The molecule has 1 aliphatic rings. The predicted molar refractivity (Wildman–Crippen MR) is 119 cm³/mol. The van der Waals surface area contributed by atoms with Gasteiger partial charge in [0, 0.05) is 0 Å². The fourth-order valence-electron chi connectivity index (χ4n) is 4.45. The Bertz CT molecular complexity index is 981. The molecule has 5 heteroatoms. The van der Waals surface area contributed by atoms with Crippen molar-refractivity contribution < 1.29 is 22.3 Å². The van der Waals surface area contributed by atoms with E-state index < -0.39 is 23.3 Å². The van der Waals surface area contributed by atoms with Gasteiger partial charge >= 0.3 is 0 Å². The van der Waals surface area contributed by atoms with E-state index in [0.29, 0.717) is 11.5 Å². The Morgan fingerprint density at radius 2 is 1.41 bits per heavy atom. The Labute approximate surface area is 188 Å². The zero-order chi connectivity index (χ0) is 23.1. The third kappa shape index (κ3) is 5.65. The van der Waals surface area contributed by atoms with Crippen LogP contribution in [0.25, 0.3) is 0 Å². The van der Waals surface area contributed by atoms with Crippen LogP contribution in [-0.4, -0.2) is 6.61 Å². The molecule has 0 radical (unpaired) electrons. The molecule has 2 aromatic carbocycles. The Kier molecular flexibility index (Phi) is 8.61. The lowest BCUT2D eigenvalue weighted by Crippen LogP contribution is -2.15. The Hall–Kier alpha value is -2.48. The van der Waals surface area contributed by atoms with E-state index in [0.717, 1.165) is 25.7 Å². The van der Waals surface area contributed by atoms with Gasteiger partial charge in [-0.15, -0.1) is 0 Å². The molecular weight excluding hydrogens is 416 g/mol. The maximum Gasteiger partial charge on any atom is 0.201 e. The minimum absolute atomic E-state index is 0.00610. The van der Waals surface area contributed by atoms with Gasteiger partial charge in [0.25, 0.3) is 0 Å². The minimum atomic E-state index is -1.17. The quantitative estimate of drug-likeness (QED) is 0.239. The van der Waals surface area contributed by atoms with Crippen LogP contribution in [0.2, 0.25) is 0 Å². The number of rotatable bonds is 7. The lowest BCUT2D eigenvalue weighted by Gasteiger charge is -2.29. The molecule has 1 fully saturated rings. The summed E-state index contributed by atoms with van der Waals surface area (Å²) in [7, 11) is 0. The Balaban J connectivity index is 1.72. The van der Waals surface area contributed by atoms with E-state index >= 15 is 0 Å². The van der Waals surface area contributed by atoms with E-state index in [9.17, 15) is 17.6 Å². The van der Waals surface area contributed by atoms with Crippen LogP contribution in [0.15, 0.2) is 24.3 Å². The van der Waals surface area contributed by atoms with Crippen molar-refractivity contribution in [2.45, 2.75) is 71.1 Å². The van der Waals surface area contributed by atoms with Crippen LogP contribution >= 0.6 is 0 Å². The van der Waals surface area contributed by atoms with Gasteiger partial charge in [-0.05, 0) is 68.2 Å². The van der Waals surface area contributed by atoms with Crippen LogP contribution in [0.3, 0.4) is 0 Å². The molecule has 0 unspecified atom stereocenters. The number of hydrogen-bond acceptors (Lipinski definition) is 1. The molecular formula is C27H30F4O. The molecule has 172 valence electrons. The number of benzene rings is 2. The SMILES string of the molecule is CCCCCC1CCC(c2ccc(C#Cc3ccc(OCC)c(F)c3F)c(F)c2F)CC1. The summed E-state index contributed by atoms with van der Waals surface area (Å²) in [6.07, 6.45) is 8.70. The van der Waals surface area contributed by atoms with Gasteiger partial charge < -0.3 is 4.74 Å². The highest BCUT2D eigenvalue weighted by Gasteiger charge is 2.26. The van der Waals surface area contributed by atoms with Crippen molar-refractivity contribution >= 4 is 0 Å². The smallest absolute Gasteiger partial charge is 0.201 e. The van der Waals surface area contributed by atoms with Crippen molar-refractivity contribution in [1.29, 1.82) is 0 Å². The summed E-state index contributed by atoms with van der Waals surface area (Å²) < 4.78 is 62.7. The van der Waals surface area contributed by atoms with Gasteiger partial charge in [-0.1, -0.05) is 50.5 Å². The highest BCUT2D eigenvalue weighted by Crippen LogP contribution is 2.39. The molecule has 1 aliphatic carbocycles. The molecule has 0 N–H and O–H groups in total. The van der Waals surface area contributed by atoms with Gasteiger partial charge in [0.1, 0.15) is 0 Å². The lowest BCUT2D eigenvalue weighted by atomic mass is 9.76. The molecule has 0 aromatic heterocycles. The van der Waals surface area contributed by atoms with Gasteiger partial charge in [0.2, 0.25) is 5.82 Å². The molecule has 0 amide bonds. The Morgan fingerprint density at radius 1 is 0.781 bits per heavy atom. The summed E-state index contributed by atoms with van der Waals surface area (Å²) in [6, 6.07) is 5.54. The molecule has 0 bridgehead atoms. The molecule has 0 saturated heterocycles. The van der Waals surface area contributed by atoms with Gasteiger partial charge in [0.05, 0.1) is 17.7 Å². The first-order chi connectivity index (χ1) is 15.5. The molecule has 32 heavy (non-hydrogen) atoms. The molecule has 2 aromatic rings. The second-order valence-corrected chi connectivity index (χ2v) is 8.47. The first kappa shape index (κ1) is 24.2. The van der Waals surface area contributed by atoms with Crippen molar-refractivity contribution in [3.05, 3.63) is 64.2 Å². The van der Waals surface area contributed by atoms with Gasteiger partial charge in [0.15, 0.2) is 23.2 Å². The third-order valence-electron chi connectivity index (χ3n) is 6.29. The summed E-state index contributed by atoms with van der Waals surface area (Å²) in [5, 5.41) is 0. The second-order valence-electron chi connectivity index (χ2n) is 8.47. The standard InChI is InChI=1S/C27H30F4O/c1-3-5-6-7-18-8-10-19(11-9-18)22-16-14-20(24(28)26(22)30)12-13-21-15-17-23(32-4-2)27(31)25(21)29/h14-19H,3-11H2,1-2H3. The van der Waals surface area contributed by atoms with E-state index in [4.69, 9.17) is 4.74 Å². The van der Waals surface area contributed by atoms with Crippen LogP contribution in [0.1, 0.15) is 87.8 Å². The molecule has 0 aliphatic heterocycles. The topological polar surface area (TPSA) is 9.23 Å². The van der Waals surface area contributed by atoms with E-state index in [2.05, 4.69) is 18.8 Å². The van der Waals surface area contributed by atoms with E-state index in [1.165, 1.54) is 43.9 Å². The minimum Gasteiger partial charge on any atom is -0.491 e.